The highest BCUT2D eigenvalue weighted by atomic mass is 16.6. The first kappa shape index (κ1) is 13.7. The number of nitro groups is 1. The lowest BCUT2D eigenvalue weighted by Crippen LogP contribution is -2.08. The van der Waals surface area contributed by atoms with E-state index < -0.39 is 4.92 Å². The summed E-state index contributed by atoms with van der Waals surface area (Å²) >= 11 is 0. The van der Waals surface area contributed by atoms with Crippen LogP contribution in [0.2, 0.25) is 0 Å². The Kier molecular flexibility index (Phi) is 3.47. The maximum atomic E-state index is 11.2. The van der Waals surface area contributed by atoms with Gasteiger partial charge in [-0.1, -0.05) is 12.1 Å². The molecule has 0 amide bonds. The summed E-state index contributed by atoms with van der Waals surface area (Å²) in [7, 11) is 3.86. The van der Waals surface area contributed by atoms with E-state index in [4.69, 9.17) is 11.5 Å². The van der Waals surface area contributed by atoms with E-state index in [2.05, 4.69) is 0 Å². The largest absolute Gasteiger partial charge is 0.397 e. The van der Waals surface area contributed by atoms with Gasteiger partial charge in [0.15, 0.2) is 0 Å². The van der Waals surface area contributed by atoms with Crippen LogP contribution in [0.5, 0.6) is 0 Å². The number of nitro benzene ring substituents is 1. The summed E-state index contributed by atoms with van der Waals surface area (Å²) in [4.78, 5) is 12.7. The first-order valence-electron chi connectivity index (χ1n) is 6.02. The van der Waals surface area contributed by atoms with Gasteiger partial charge in [-0.3, -0.25) is 10.1 Å². The molecule has 0 aromatic heterocycles. The van der Waals surface area contributed by atoms with Crippen molar-refractivity contribution in [3.8, 4) is 11.1 Å². The molecule has 6 nitrogen and oxygen atoms in total. The van der Waals surface area contributed by atoms with Crippen molar-refractivity contribution in [1.82, 2.24) is 0 Å². The second kappa shape index (κ2) is 5.08. The van der Waals surface area contributed by atoms with Gasteiger partial charge in [0, 0.05) is 19.8 Å². The van der Waals surface area contributed by atoms with Gasteiger partial charge in [-0.15, -0.1) is 0 Å². The SMILES string of the molecule is CN(C)c1ccc(-c2ccc(N)c(N)c2[N+](=O)[O-])cc1. The molecule has 0 fully saturated rings. The number of benzene rings is 2. The molecule has 0 unspecified atom stereocenters. The minimum atomic E-state index is -0.499. The normalized spacial score (nSPS) is 10.3. The molecule has 0 radical (unpaired) electrons. The van der Waals surface area contributed by atoms with Crippen LogP contribution >= 0.6 is 0 Å². The Balaban J connectivity index is 2.58. The fraction of sp³-hybridized carbons (Fsp3) is 0.143. The maximum absolute atomic E-state index is 11.2. The Hall–Kier alpha value is -2.76. The highest BCUT2D eigenvalue weighted by Crippen LogP contribution is 2.38. The Labute approximate surface area is 116 Å². The van der Waals surface area contributed by atoms with Crippen molar-refractivity contribution in [3.63, 3.8) is 0 Å². The van der Waals surface area contributed by atoms with Crippen LogP contribution < -0.4 is 16.4 Å². The molecule has 0 atom stereocenters. The molecule has 0 heterocycles. The second-order valence-electron chi connectivity index (χ2n) is 4.66. The number of nitrogens with two attached hydrogens (primary N) is 2. The number of nitrogens with zero attached hydrogens (tertiary/aromatic N) is 2. The average Bonchev–Trinajstić information content (AvgIpc) is 2.41. The summed E-state index contributed by atoms with van der Waals surface area (Å²) in [5.41, 5.74) is 13.6. The molecule has 0 spiro atoms. The number of nitrogen functional groups attached to an aromatic ring is 2. The van der Waals surface area contributed by atoms with Crippen molar-refractivity contribution in [1.29, 1.82) is 0 Å². The molecule has 0 aliphatic carbocycles. The highest BCUT2D eigenvalue weighted by Gasteiger charge is 2.21. The molecular formula is C14H16N4O2. The van der Waals surface area contributed by atoms with Crippen LogP contribution in [0.3, 0.4) is 0 Å². The van der Waals surface area contributed by atoms with E-state index in [1.165, 1.54) is 0 Å². The maximum Gasteiger partial charge on any atom is 0.301 e. The monoisotopic (exact) mass is 272 g/mol. The summed E-state index contributed by atoms with van der Waals surface area (Å²) in [5, 5.41) is 11.2. The lowest BCUT2D eigenvalue weighted by atomic mass is 10.0. The van der Waals surface area contributed by atoms with Gasteiger partial charge >= 0.3 is 5.69 Å². The molecule has 104 valence electrons. The quantitative estimate of drug-likeness (QED) is 0.508. The van der Waals surface area contributed by atoms with Crippen LogP contribution in [0.1, 0.15) is 0 Å². The van der Waals surface area contributed by atoms with Crippen LogP contribution in [-0.4, -0.2) is 19.0 Å². The predicted octanol–water partition coefficient (Wildman–Crippen LogP) is 2.49. The fourth-order valence-corrected chi connectivity index (χ4v) is 1.99. The minimum Gasteiger partial charge on any atom is -0.397 e. The molecule has 2 aromatic carbocycles. The topological polar surface area (TPSA) is 98.4 Å². The molecule has 2 rings (SSSR count). The zero-order valence-corrected chi connectivity index (χ0v) is 11.3. The van der Waals surface area contributed by atoms with Gasteiger partial charge in [-0.2, -0.15) is 0 Å². The van der Waals surface area contributed by atoms with Gasteiger partial charge in [-0.25, -0.2) is 0 Å². The number of hydrogen-bond donors (Lipinski definition) is 2. The summed E-state index contributed by atoms with van der Waals surface area (Å²) in [6.07, 6.45) is 0. The van der Waals surface area contributed by atoms with Gasteiger partial charge in [-0.05, 0) is 29.8 Å². The van der Waals surface area contributed by atoms with E-state index in [0.29, 0.717) is 5.56 Å². The van der Waals surface area contributed by atoms with Gasteiger partial charge < -0.3 is 16.4 Å². The fourth-order valence-electron chi connectivity index (χ4n) is 1.99. The zero-order valence-electron chi connectivity index (χ0n) is 11.3. The van der Waals surface area contributed by atoms with Crippen LogP contribution in [0.15, 0.2) is 36.4 Å². The molecule has 6 heteroatoms. The molecular weight excluding hydrogens is 256 g/mol. The van der Waals surface area contributed by atoms with Gasteiger partial charge in [0.25, 0.3) is 0 Å². The number of anilines is 3. The minimum absolute atomic E-state index is 0.00388. The lowest BCUT2D eigenvalue weighted by molar-refractivity contribution is -0.383. The van der Waals surface area contributed by atoms with E-state index in [9.17, 15) is 10.1 Å². The van der Waals surface area contributed by atoms with Gasteiger partial charge in [0.2, 0.25) is 0 Å². The average molecular weight is 272 g/mol. The standard InChI is InChI=1S/C14H16N4O2/c1-17(2)10-5-3-9(4-6-10)11-7-8-12(15)13(16)14(11)18(19)20/h3-8H,15-16H2,1-2H3. The third-order valence-electron chi connectivity index (χ3n) is 3.13. The molecule has 0 saturated carbocycles. The lowest BCUT2D eigenvalue weighted by Gasteiger charge is -2.13. The van der Waals surface area contributed by atoms with Crippen molar-refractivity contribution in [3.05, 3.63) is 46.5 Å². The summed E-state index contributed by atoms with van der Waals surface area (Å²) < 4.78 is 0. The van der Waals surface area contributed by atoms with Crippen LogP contribution in [0.25, 0.3) is 11.1 Å². The molecule has 0 aliphatic heterocycles. The molecule has 0 bridgehead atoms. The molecule has 0 saturated heterocycles. The van der Waals surface area contributed by atoms with E-state index >= 15 is 0 Å². The summed E-state index contributed by atoms with van der Waals surface area (Å²) in [6.45, 7) is 0. The van der Waals surface area contributed by atoms with Crippen molar-refractivity contribution in [2.24, 2.45) is 0 Å². The first-order valence-corrected chi connectivity index (χ1v) is 6.02. The molecule has 0 aliphatic rings. The van der Waals surface area contributed by atoms with Crippen LogP contribution in [-0.2, 0) is 0 Å². The van der Waals surface area contributed by atoms with E-state index in [1.54, 1.807) is 12.1 Å². The Morgan fingerprint density at radius 2 is 1.65 bits per heavy atom. The predicted molar refractivity (Wildman–Crippen MR) is 81.7 cm³/mol. The smallest absolute Gasteiger partial charge is 0.301 e. The summed E-state index contributed by atoms with van der Waals surface area (Å²) in [5.74, 6) is 0. The highest BCUT2D eigenvalue weighted by molar-refractivity contribution is 5.87. The molecule has 20 heavy (non-hydrogen) atoms. The van der Waals surface area contributed by atoms with E-state index in [0.717, 1.165) is 11.3 Å². The molecule has 4 N–H and O–H groups in total. The van der Waals surface area contributed by atoms with Crippen LogP contribution in [0.4, 0.5) is 22.7 Å². The van der Waals surface area contributed by atoms with Crippen molar-refractivity contribution in [2.75, 3.05) is 30.5 Å². The van der Waals surface area contributed by atoms with Crippen LogP contribution in [0, 0.1) is 10.1 Å². The second-order valence-corrected chi connectivity index (χ2v) is 4.66. The van der Waals surface area contributed by atoms with Gasteiger partial charge in [0.1, 0.15) is 5.69 Å². The Morgan fingerprint density at radius 1 is 1.05 bits per heavy atom. The van der Waals surface area contributed by atoms with E-state index in [1.807, 2.05) is 43.3 Å². The molecule has 2 aromatic rings. The third kappa shape index (κ3) is 2.35. The number of rotatable bonds is 3. The van der Waals surface area contributed by atoms with Crippen molar-refractivity contribution < 1.29 is 4.92 Å². The van der Waals surface area contributed by atoms with Crippen molar-refractivity contribution >= 4 is 22.7 Å². The number of hydrogen-bond acceptors (Lipinski definition) is 5. The zero-order chi connectivity index (χ0) is 14.9. The van der Waals surface area contributed by atoms with Crippen molar-refractivity contribution in [2.45, 2.75) is 0 Å². The third-order valence-corrected chi connectivity index (χ3v) is 3.13. The first-order chi connectivity index (χ1) is 9.41. The van der Waals surface area contributed by atoms with E-state index in [-0.39, 0.29) is 17.1 Å². The summed E-state index contributed by atoms with van der Waals surface area (Å²) in [6, 6.07) is 10.6. The van der Waals surface area contributed by atoms with Gasteiger partial charge in [0.05, 0.1) is 16.2 Å². The Bertz CT molecular complexity index is 651. The Morgan fingerprint density at radius 3 is 2.15 bits per heavy atom.